The highest BCUT2D eigenvalue weighted by molar-refractivity contribution is 9.10. The van der Waals surface area contributed by atoms with E-state index in [1.54, 1.807) is 0 Å². The first-order chi connectivity index (χ1) is 13.4. The summed E-state index contributed by atoms with van der Waals surface area (Å²) in [6.07, 6.45) is 2.36. The summed E-state index contributed by atoms with van der Waals surface area (Å²) in [4.78, 5) is 23.9. The van der Waals surface area contributed by atoms with Crippen LogP contribution >= 0.6 is 39.1 Å². The maximum absolute atomic E-state index is 12.0. The molecule has 0 radical (unpaired) electrons. The van der Waals surface area contributed by atoms with E-state index in [0.29, 0.717) is 28.5 Å². The van der Waals surface area contributed by atoms with E-state index >= 15 is 0 Å². The summed E-state index contributed by atoms with van der Waals surface area (Å²) in [5, 5.41) is 7.01. The van der Waals surface area contributed by atoms with Crippen LogP contribution in [0.5, 0.6) is 5.75 Å². The van der Waals surface area contributed by atoms with Crippen LogP contribution in [0.2, 0.25) is 10.0 Å². The molecule has 0 spiro atoms. The molecule has 0 aliphatic rings. The van der Waals surface area contributed by atoms with Gasteiger partial charge in [0.05, 0.1) is 29.4 Å². The summed E-state index contributed by atoms with van der Waals surface area (Å²) >= 11 is 15.1. The van der Waals surface area contributed by atoms with E-state index in [2.05, 4.69) is 31.8 Å². The molecule has 0 aliphatic heterocycles. The smallest absolute Gasteiger partial charge is 0.259 e. The van der Waals surface area contributed by atoms with Gasteiger partial charge in [0.2, 0.25) is 0 Å². The Morgan fingerprint density at radius 3 is 2.68 bits per heavy atom. The van der Waals surface area contributed by atoms with E-state index in [4.69, 9.17) is 27.9 Å². The number of carbonyl (C=O) groups is 2. The monoisotopic (exact) mass is 485 g/mol. The number of benzene rings is 2. The molecule has 0 saturated carbocycles. The molecule has 2 aromatic carbocycles. The molecule has 148 valence electrons. The quantitative estimate of drug-likeness (QED) is 0.428. The van der Waals surface area contributed by atoms with Crippen molar-refractivity contribution in [2.45, 2.75) is 13.3 Å². The number of nitrogens with zero attached hydrogens (tertiary/aromatic N) is 1. The molecule has 0 fully saturated rings. The lowest BCUT2D eigenvalue weighted by atomic mass is 10.2. The van der Waals surface area contributed by atoms with Crippen molar-refractivity contribution >= 4 is 57.2 Å². The number of hydrazone groups is 1. The molecule has 6 nitrogen and oxygen atoms in total. The highest BCUT2D eigenvalue weighted by Crippen LogP contribution is 2.23. The van der Waals surface area contributed by atoms with E-state index in [1.165, 1.54) is 24.4 Å². The van der Waals surface area contributed by atoms with Gasteiger partial charge in [-0.15, -0.1) is 0 Å². The third-order valence-electron chi connectivity index (χ3n) is 3.42. The van der Waals surface area contributed by atoms with E-state index in [9.17, 15) is 9.59 Å². The van der Waals surface area contributed by atoms with Gasteiger partial charge in [-0.3, -0.25) is 9.59 Å². The zero-order valence-corrected chi connectivity index (χ0v) is 18.1. The number of halogens is 3. The van der Waals surface area contributed by atoms with Gasteiger partial charge in [0.25, 0.3) is 11.8 Å². The number of rotatable bonds is 8. The summed E-state index contributed by atoms with van der Waals surface area (Å²) in [6, 6.07) is 9.97. The molecule has 0 aromatic heterocycles. The van der Waals surface area contributed by atoms with Crippen LogP contribution in [0.1, 0.15) is 29.3 Å². The van der Waals surface area contributed by atoms with Gasteiger partial charge in [0.15, 0.2) is 0 Å². The lowest BCUT2D eigenvalue weighted by Gasteiger charge is -2.08. The molecule has 0 saturated heterocycles. The van der Waals surface area contributed by atoms with Gasteiger partial charge < -0.3 is 10.1 Å². The van der Waals surface area contributed by atoms with Crippen molar-refractivity contribution in [2.75, 3.05) is 13.2 Å². The summed E-state index contributed by atoms with van der Waals surface area (Å²) < 4.78 is 6.50. The van der Waals surface area contributed by atoms with Gasteiger partial charge in [-0.05, 0) is 42.8 Å². The van der Waals surface area contributed by atoms with Gasteiger partial charge >= 0.3 is 0 Å². The number of hydrogen-bond donors (Lipinski definition) is 2. The van der Waals surface area contributed by atoms with Gasteiger partial charge in [0.1, 0.15) is 5.75 Å². The molecule has 2 aromatic rings. The minimum Gasteiger partial charge on any atom is -0.493 e. The summed E-state index contributed by atoms with van der Waals surface area (Å²) in [7, 11) is 0. The zero-order chi connectivity index (χ0) is 20.5. The number of amides is 2. The molecule has 28 heavy (non-hydrogen) atoms. The molecule has 2 N–H and O–H groups in total. The predicted octanol–water partition coefficient (Wildman–Crippen LogP) is 4.42. The predicted molar refractivity (Wildman–Crippen MR) is 114 cm³/mol. The van der Waals surface area contributed by atoms with Crippen LogP contribution in [0.4, 0.5) is 0 Å². The van der Waals surface area contributed by atoms with E-state index in [-0.39, 0.29) is 11.6 Å². The highest BCUT2D eigenvalue weighted by atomic mass is 79.9. The van der Waals surface area contributed by atoms with Crippen molar-refractivity contribution in [2.24, 2.45) is 5.10 Å². The highest BCUT2D eigenvalue weighted by Gasteiger charge is 2.09. The topological polar surface area (TPSA) is 79.8 Å². The Kier molecular flexibility index (Phi) is 8.76. The molecular formula is C19H18BrCl2N3O3. The van der Waals surface area contributed by atoms with Crippen molar-refractivity contribution in [3.8, 4) is 5.75 Å². The van der Waals surface area contributed by atoms with Crippen LogP contribution in [0.15, 0.2) is 46.0 Å². The van der Waals surface area contributed by atoms with Crippen molar-refractivity contribution in [3.05, 3.63) is 62.0 Å². The van der Waals surface area contributed by atoms with Crippen molar-refractivity contribution in [3.63, 3.8) is 0 Å². The van der Waals surface area contributed by atoms with Crippen molar-refractivity contribution < 1.29 is 14.3 Å². The number of carbonyl (C=O) groups excluding carboxylic acids is 2. The Morgan fingerprint density at radius 2 is 1.96 bits per heavy atom. The number of nitrogens with one attached hydrogen (secondary N) is 2. The average Bonchev–Trinajstić information content (AvgIpc) is 2.67. The Morgan fingerprint density at radius 1 is 1.18 bits per heavy atom. The van der Waals surface area contributed by atoms with Gasteiger partial charge in [-0.25, -0.2) is 5.43 Å². The molecule has 2 amide bonds. The maximum atomic E-state index is 12.0. The molecule has 2 rings (SSSR count). The maximum Gasteiger partial charge on any atom is 0.259 e. The summed E-state index contributed by atoms with van der Waals surface area (Å²) in [6.45, 7) is 2.35. The minimum atomic E-state index is -0.476. The van der Waals surface area contributed by atoms with Crippen LogP contribution in [-0.4, -0.2) is 31.2 Å². The summed E-state index contributed by atoms with van der Waals surface area (Å²) in [5.74, 6) is -0.258. The summed E-state index contributed by atoms with van der Waals surface area (Å²) in [5.41, 5.74) is 3.37. The average molecular weight is 487 g/mol. The van der Waals surface area contributed by atoms with Gasteiger partial charge in [-0.2, -0.15) is 5.10 Å². The second kappa shape index (κ2) is 11.0. The Hall–Kier alpha value is -2.09. The molecule has 0 bridgehead atoms. The molecule has 0 heterocycles. The van der Waals surface area contributed by atoms with Crippen LogP contribution in [0, 0.1) is 0 Å². The SMILES string of the molecule is CCCOc1ccc(Br)cc1/C=N\NC(=O)CNC(=O)c1ccc(Cl)c(Cl)c1. The lowest BCUT2D eigenvalue weighted by Crippen LogP contribution is -2.34. The van der Waals surface area contributed by atoms with Crippen molar-refractivity contribution in [1.29, 1.82) is 0 Å². The minimum absolute atomic E-state index is 0.242. The van der Waals surface area contributed by atoms with E-state index < -0.39 is 11.8 Å². The Bertz CT molecular complexity index is 891. The van der Waals surface area contributed by atoms with Gasteiger partial charge in [-0.1, -0.05) is 46.1 Å². The second-order valence-electron chi connectivity index (χ2n) is 5.64. The molecule has 0 aliphatic carbocycles. The first-order valence-electron chi connectivity index (χ1n) is 8.38. The first-order valence-corrected chi connectivity index (χ1v) is 9.93. The third kappa shape index (κ3) is 6.82. The Labute approximate surface area is 181 Å². The third-order valence-corrected chi connectivity index (χ3v) is 4.65. The molecular weight excluding hydrogens is 469 g/mol. The number of hydrogen-bond acceptors (Lipinski definition) is 4. The fraction of sp³-hybridized carbons (Fsp3) is 0.211. The molecule has 0 unspecified atom stereocenters. The van der Waals surface area contributed by atoms with Crippen molar-refractivity contribution in [1.82, 2.24) is 10.7 Å². The van der Waals surface area contributed by atoms with Crippen LogP contribution in [-0.2, 0) is 4.79 Å². The van der Waals surface area contributed by atoms with E-state index in [0.717, 1.165) is 10.9 Å². The standard InChI is InChI=1S/C19H18BrCl2N3O3/c1-2-7-28-17-6-4-14(20)8-13(17)10-24-25-18(26)11-23-19(27)12-3-5-15(21)16(22)9-12/h3-6,8-10H,2,7,11H2,1H3,(H,23,27)(H,25,26)/b24-10-. The largest absolute Gasteiger partial charge is 0.493 e. The number of ether oxygens (including phenoxy) is 1. The molecule has 0 atom stereocenters. The fourth-order valence-corrected chi connectivity index (χ4v) is 2.75. The second-order valence-corrected chi connectivity index (χ2v) is 7.37. The van der Waals surface area contributed by atoms with Gasteiger partial charge in [0, 0.05) is 15.6 Å². The first kappa shape index (κ1) is 22.2. The Balaban J connectivity index is 1.89. The van der Waals surface area contributed by atoms with Crippen LogP contribution < -0.4 is 15.5 Å². The lowest BCUT2D eigenvalue weighted by molar-refractivity contribution is -0.120. The molecule has 9 heteroatoms. The van der Waals surface area contributed by atoms with E-state index in [1.807, 2.05) is 25.1 Å². The van der Waals surface area contributed by atoms with Crippen LogP contribution in [0.25, 0.3) is 0 Å². The van der Waals surface area contributed by atoms with Crippen LogP contribution in [0.3, 0.4) is 0 Å². The zero-order valence-electron chi connectivity index (χ0n) is 15.0. The normalized spacial score (nSPS) is 10.7. The fourth-order valence-electron chi connectivity index (χ4n) is 2.08.